The lowest BCUT2D eigenvalue weighted by atomic mass is 10.0. The van der Waals surface area contributed by atoms with E-state index >= 15 is 0 Å². The molecule has 4 aromatic rings. The molecule has 2 saturated heterocycles. The summed E-state index contributed by atoms with van der Waals surface area (Å²) in [7, 11) is 0. The number of likely N-dealkylation sites (tertiary alicyclic amines) is 1. The number of aliphatic hydroxyl groups is 1. The van der Waals surface area contributed by atoms with Gasteiger partial charge < -0.3 is 24.6 Å². The monoisotopic (exact) mass is 654 g/mol. The average Bonchev–Trinajstić information content (AvgIpc) is 3.38. The zero-order valence-corrected chi connectivity index (χ0v) is 26.3. The van der Waals surface area contributed by atoms with Crippen LogP contribution < -0.4 is 5.32 Å². The van der Waals surface area contributed by atoms with Crippen LogP contribution in [0.15, 0.2) is 102 Å². The lowest BCUT2D eigenvalue weighted by molar-refractivity contribution is -0.245. The number of alkyl carbamates (subject to hydrolysis) is 1. The SMILES string of the molecule is O=C(NC1CC(=O)N(Cc2ccc(C3OC(CSc4ncccn4)CC(c4ccc(CO)cc4)O3)cc2)C1=O)OCc1ccccc1. The summed E-state index contributed by atoms with van der Waals surface area (Å²) in [5, 5.41) is 12.7. The lowest BCUT2D eigenvalue weighted by Crippen LogP contribution is -2.41. The highest BCUT2D eigenvalue weighted by Crippen LogP contribution is 2.39. The van der Waals surface area contributed by atoms with Crippen molar-refractivity contribution in [3.8, 4) is 0 Å². The number of aromatic nitrogens is 2. The van der Waals surface area contributed by atoms with Gasteiger partial charge in [-0.05, 0) is 28.3 Å². The molecule has 3 amide bonds. The van der Waals surface area contributed by atoms with Crippen molar-refractivity contribution in [1.29, 1.82) is 0 Å². The highest BCUT2D eigenvalue weighted by Gasteiger charge is 2.40. The molecule has 2 aliphatic rings. The number of rotatable bonds is 11. The van der Waals surface area contributed by atoms with Crippen molar-refractivity contribution in [2.24, 2.45) is 0 Å². The van der Waals surface area contributed by atoms with Crippen molar-refractivity contribution in [2.75, 3.05) is 5.75 Å². The molecule has 0 radical (unpaired) electrons. The molecule has 0 aliphatic carbocycles. The Balaban J connectivity index is 1.08. The predicted molar refractivity (Wildman–Crippen MR) is 171 cm³/mol. The van der Waals surface area contributed by atoms with E-state index in [1.807, 2.05) is 78.9 Å². The second kappa shape index (κ2) is 15.3. The Kier molecular flexibility index (Phi) is 10.5. The molecular weight excluding hydrogens is 620 g/mol. The average molecular weight is 655 g/mol. The largest absolute Gasteiger partial charge is 0.445 e. The number of nitrogens with zero attached hydrogens (tertiary/aromatic N) is 3. The Morgan fingerprint density at radius 2 is 1.60 bits per heavy atom. The van der Waals surface area contributed by atoms with Crippen LogP contribution in [0.25, 0.3) is 0 Å². The van der Waals surface area contributed by atoms with E-state index in [4.69, 9.17) is 14.2 Å². The topological polar surface area (TPSA) is 140 Å². The van der Waals surface area contributed by atoms with Gasteiger partial charge in [0.15, 0.2) is 11.4 Å². The van der Waals surface area contributed by atoms with Crippen molar-refractivity contribution in [3.63, 3.8) is 0 Å². The van der Waals surface area contributed by atoms with Crippen LogP contribution in [0.4, 0.5) is 4.79 Å². The molecule has 1 aromatic heterocycles. The summed E-state index contributed by atoms with van der Waals surface area (Å²) in [6.45, 7) is 0.0921. The van der Waals surface area contributed by atoms with Crippen LogP contribution in [0.2, 0.25) is 0 Å². The van der Waals surface area contributed by atoms with E-state index in [1.54, 1.807) is 18.5 Å². The minimum atomic E-state index is -0.978. The van der Waals surface area contributed by atoms with Crippen molar-refractivity contribution in [3.05, 3.63) is 125 Å². The first-order valence-electron chi connectivity index (χ1n) is 15.3. The maximum Gasteiger partial charge on any atom is 0.408 e. The first kappa shape index (κ1) is 32.3. The number of thioether (sulfide) groups is 1. The van der Waals surface area contributed by atoms with Crippen LogP contribution in [0.3, 0.4) is 0 Å². The number of aliphatic hydroxyl groups excluding tert-OH is 1. The maximum atomic E-state index is 13.0. The first-order valence-corrected chi connectivity index (χ1v) is 16.2. The Bertz CT molecular complexity index is 1660. The summed E-state index contributed by atoms with van der Waals surface area (Å²) in [6, 6.07) is 25.1. The minimum absolute atomic E-state index is 0.0344. The van der Waals surface area contributed by atoms with E-state index in [0.717, 1.165) is 32.7 Å². The van der Waals surface area contributed by atoms with Gasteiger partial charge in [-0.3, -0.25) is 14.5 Å². The Hall–Kier alpha value is -4.62. The van der Waals surface area contributed by atoms with E-state index in [2.05, 4.69) is 15.3 Å². The van der Waals surface area contributed by atoms with E-state index in [1.165, 1.54) is 11.8 Å². The third kappa shape index (κ3) is 8.40. The summed E-state index contributed by atoms with van der Waals surface area (Å²) in [5.41, 5.74) is 4.14. The van der Waals surface area contributed by atoms with Crippen LogP contribution >= 0.6 is 11.8 Å². The molecule has 4 atom stereocenters. The number of hydrogen-bond acceptors (Lipinski definition) is 10. The number of nitrogens with one attached hydrogen (secondary N) is 1. The van der Waals surface area contributed by atoms with E-state index in [0.29, 0.717) is 17.3 Å². The fourth-order valence-corrected chi connectivity index (χ4v) is 6.20. The highest BCUT2D eigenvalue weighted by molar-refractivity contribution is 7.99. The Morgan fingerprint density at radius 3 is 2.32 bits per heavy atom. The van der Waals surface area contributed by atoms with Crippen molar-refractivity contribution >= 4 is 29.7 Å². The summed E-state index contributed by atoms with van der Waals surface area (Å²) >= 11 is 1.51. The van der Waals surface area contributed by atoms with Gasteiger partial charge in [0.05, 0.1) is 31.8 Å². The second-order valence-electron chi connectivity index (χ2n) is 11.2. The van der Waals surface area contributed by atoms with Gasteiger partial charge in [0, 0.05) is 30.1 Å². The molecule has 47 heavy (non-hydrogen) atoms. The van der Waals surface area contributed by atoms with Gasteiger partial charge in [0.1, 0.15) is 12.6 Å². The summed E-state index contributed by atoms with van der Waals surface area (Å²) < 4.78 is 18.0. The molecule has 2 aliphatic heterocycles. The number of amides is 3. The van der Waals surface area contributed by atoms with E-state index < -0.39 is 24.3 Å². The van der Waals surface area contributed by atoms with Crippen LogP contribution in [0.5, 0.6) is 0 Å². The molecule has 2 fully saturated rings. The highest BCUT2D eigenvalue weighted by atomic mass is 32.2. The minimum Gasteiger partial charge on any atom is -0.445 e. The summed E-state index contributed by atoms with van der Waals surface area (Å²) in [5.74, 6) is -0.224. The zero-order valence-electron chi connectivity index (χ0n) is 25.4. The number of hydrogen-bond donors (Lipinski definition) is 2. The van der Waals surface area contributed by atoms with Crippen LogP contribution in [-0.4, -0.2) is 55.8 Å². The summed E-state index contributed by atoms with van der Waals surface area (Å²) in [4.78, 5) is 47.8. The van der Waals surface area contributed by atoms with E-state index in [-0.39, 0.29) is 44.3 Å². The van der Waals surface area contributed by atoms with Crippen molar-refractivity contribution in [1.82, 2.24) is 20.2 Å². The lowest BCUT2D eigenvalue weighted by Gasteiger charge is -2.36. The number of benzene rings is 3. The quantitative estimate of drug-likeness (QED) is 0.131. The molecule has 242 valence electrons. The third-order valence-corrected chi connectivity index (χ3v) is 8.90. The molecule has 4 unspecified atom stereocenters. The molecule has 0 spiro atoms. The normalized spacial score (nSPS) is 21.1. The van der Waals surface area contributed by atoms with Gasteiger partial charge in [0.2, 0.25) is 5.91 Å². The molecule has 3 heterocycles. The fraction of sp³-hybridized carbons (Fsp3) is 0.286. The zero-order chi connectivity index (χ0) is 32.6. The van der Waals surface area contributed by atoms with Gasteiger partial charge in [-0.15, -0.1) is 0 Å². The Morgan fingerprint density at radius 1 is 0.894 bits per heavy atom. The number of carbonyl (C=O) groups is 3. The fourth-order valence-electron chi connectivity index (χ4n) is 5.38. The van der Waals surface area contributed by atoms with Gasteiger partial charge in [-0.1, -0.05) is 90.6 Å². The molecule has 12 heteroatoms. The molecule has 6 rings (SSSR count). The predicted octanol–water partition coefficient (Wildman–Crippen LogP) is 4.86. The molecule has 11 nitrogen and oxygen atoms in total. The smallest absolute Gasteiger partial charge is 0.408 e. The van der Waals surface area contributed by atoms with Gasteiger partial charge in [-0.2, -0.15) is 0 Å². The number of carbonyl (C=O) groups excluding carboxylic acids is 3. The van der Waals surface area contributed by atoms with Crippen molar-refractivity contribution in [2.45, 2.75) is 62.3 Å². The van der Waals surface area contributed by atoms with Gasteiger partial charge in [0.25, 0.3) is 5.91 Å². The Labute approximate surface area is 276 Å². The second-order valence-corrected chi connectivity index (χ2v) is 12.2. The molecule has 0 saturated carbocycles. The number of ether oxygens (including phenoxy) is 3. The van der Waals surface area contributed by atoms with Crippen LogP contribution in [0.1, 0.15) is 53.1 Å². The number of imide groups is 1. The standard InChI is InChI=1S/C35H34N4O7S/c40-20-24-9-11-26(12-10-24)30-17-28(22-47-34-36-15-4-16-37-34)45-33(46-30)27-13-7-23(8-14-27)19-39-31(41)18-29(32(39)42)38-35(43)44-21-25-5-2-1-3-6-25/h1-16,28-30,33,40H,17-22H2,(H,38,43). The van der Waals surface area contributed by atoms with Gasteiger partial charge in [-0.25, -0.2) is 14.8 Å². The van der Waals surface area contributed by atoms with Gasteiger partial charge >= 0.3 is 6.09 Å². The van der Waals surface area contributed by atoms with Crippen LogP contribution in [-0.2, 0) is 43.6 Å². The molecule has 3 aromatic carbocycles. The molecular formula is C35H34N4O7S. The van der Waals surface area contributed by atoms with Crippen LogP contribution in [0, 0.1) is 0 Å². The van der Waals surface area contributed by atoms with Crippen molar-refractivity contribution < 1.29 is 33.7 Å². The van der Waals surface area contributed by atoms with E-state index in [9.17, 15) is 19.5 Å². The third-order valence-electron chi connectivity index (χ3n) is 7.90. The molecule has 0 bridgehead atoms. The maximum absolute atomic E-state index is 13.0. The molecule has 2 N–H and O–H groups in total. The first-order chi connectivity index (χ1) is 22.9. The summed E-state index contributed by atoms with van der Waals surface area (Å²) in [6.07, 6.45) is 2.09.